The normalized spacial score (nSPS) is 16.4. The predicted molar refractivity (Wildman–Crippen MR) is 91.8 cm³/mol. The van der Waals surface area contributed by atoms with Gasteiger partial charge >= 0.3 is 0 Å². The number of primary sulfonamides is 1. The molecule has 2 heterocycles. The number of halogens is 1. The zero-order chi connectivity index (χ0) is 17.0. The Morgan fingerprint density at radius 3 is 2.65 bits per heavy atom. The van der Waals surface area contributed by atoms with E-state index in [9.17, 15) is 13.2 Å². The smallest absolute Gasteiger partial charge is 0.268 e. The molecular formula is C15H15ClN2O3S2. The number of hydrogen-bond acceptors (Lipinski definition) is 4. The highest BCUT2D eigenvalue weighted by Gasteiger charge is 2.38. The highest BCUT2D eigenvalue weighted by Crippen LogP contribution is 2.42. The first-order valence-electron chi connectivity index (χ1n) is 6.83. The van der Waals surface area contributed by atoms with Crippen molar-refractivity contribution in [3.63, 3.8) is 0 Å². The molecule has 1 aromatic heterocycles. The number of thiophene rings is 1. The van der Waals surface area contributed by atoms with Gasteiger partial charge in [0.2, 0.25) is 10.0 Å². The summed E-state index contributed by atoms with van der Waals surface area (Å²) in [6, 6.07) is 6.75. The van der Waals surface area contributed by atoms with Gasteiger partial charge in [-0.3, -0.25) is 4.79 Å². The number of nitrogens with zero attached hydrogens (tertiary/aromatic N) is 1. The van der Waals surface area contributed by atoms with Crippen LogP contribution in [0.15, 0.2) is 34.5 Å². The summed E-state index contributed by atoms with van der Waals surface area (Å²) in [7, 11) is -3.81. The number of nitrogens with two attached hydrogens (primary N) is 1. The van der Waals surface area contributed by atoms with Crippen LogP contribution in [0.1, 0.15) is 29.1 Å². The fourth-order valence-corrected chi connectivity index (χ4v) is 4.67. The number of hydrogen-bond donors (Lipinski definition) is 1. The van der Waals surface area contributed by atoms with Crippen molar-refractivity contribution < 1.29 is 13.2 Å². The molecule has 1 aromatic carbocycles. The molecule has 3 rings (SSSR count). The summed E-state index contributed by atoms with van der Waals surface area (Å²) in [6.45, 7) is 4.59. The molecule has 2 aromatic rings. The maximum absolute atomic E-state index is 12.8. The molecule has 0 bridgehead atoms. The van der Waals surface area contributed by atoms with E-state index in [2.05, 4.69) is 0 Å². The third-order valence-electron chi connectivity index (χ3n) is 3.89. The van der Waals surface area contributed by atoms with Crippen molar-refractivity contribution in [1.29, 1.82) is 0 Å². The fraction of sp³-hybridized carbons (Fsp3) is 0.267. The zero-order valence-corrected chi connectivity index (χ0v) is 14.9. The Balaban J connectivity index is 2.01. The Bertz CT molecular complexity index is 903. The van der Waals surface area contributed by atoms with Crippen molar-refractivity contribution in [2.24, 2.45) is 5.14 Å². The van der Waals surface area contributed by atoms with Gasteiger partial charge in [-0.2, -0.15) is 0 Å². The standard InChI is InChI=1S/C15H15ClN2O3S2/c1-15(2)8-18(12-4-3-9(16)5-11(12)15)14(19)13-6-10(7-22-13)23(17,20)21/h3-7H,8H2,1-2H3,(H2,17,20,21). The maximum Gasteiger partial charge on any atom is 0.268 e. The Hall–Kier alpha value is -1.41. The Morgan fingerprint density at radius 2 is 2.04 bits per heavy atom. The molecule has 2 N–H and O–H groups in total. The van der Waals surface area contributed by atoms with Crippen LogP contribution < -0.4 is 10.0 Å². The number of sulfonamides is 1. The summed E-state index contributed by atoms with van der Waals surface area (Å²) in [4.78, 5) is 14.7. The molecule has 0 saturated heterocycles. The van der Waals surface area contributed by atoms with E-state index in [1.807, 2.05) is 26.0 Å². The zero-order valence-electron chi connectivity index (χ0n) is 12.5. The van der Waals surface area contributed by atoms with Crippen LogP contribution in [0.2, 0.25) is 5.02 Å². The average molecular weight is 371 g/mol. The molecule has 0 unspecified atom stereocenters. The van der Waals surface area contributed by atoms with Crippen molar-refractivity contribution in [3.8, 4) is 0 Å². The summed E-state index contributed by atoms with van der Waals surface area (Å²) in [5.74, 6) is -0.237. The van der Waals surface area contributed by atoms with Crippen molar-refractivity contribution in [2.75, 3.05) is 11.4 Å². The summed E-state index contributed by atoms with van der Waals surface area (Å²) in [5.41, 5.74) is 1.58. The first-order valence-corrected chi connectivity index (χ1v) is 9.63. The minimum Gasteiger partial charge on any atom is -0.306 e. The van der Waals surface area contributed by atoms with Gasteiger partial charge in [-0.25, -0.2) is 13.6 Å². The first kappa shape index (κ1) is 16.4. The quantitative estimate of drug-likeness (QED) is 0.882. The third-order valence-corrected chi connectivity index (χ3v) is 6.09. The monoisotopic (exact) mass is 370 g/mol. The van der Waals surface area contributed by atoms with Crippen LogP contribution in [-0.2, 0) is 15.4 Å². The van der Waals surface area contributed by atoms with Gasteiger partial charge in [0, 0.05) is 28.0 Å². The lowest BCUT2D eigenvalue weighted by Gasteiger charge is -2.20. The molecule has 0 atom stereocenters. The van der Waals surface area contributed by atoms with Crippen LogP contribution in [0.3, 0.4) is 0 Å². The van der Waals surface area contributed by atoms with Crippen LogP contribution in [0, 0.1) is 0 Å². The number of amides is 1. The van der Waals surface area contributed by atoms with Crippen LogP contribution in [0.4, 0.5) is 5.69 Å². The van der Waals surface area contributed by atoms with E-state index in [-0.39, 0.29) is 16.2 Å². The van der Waals surface area contributed by atoms with Crippen molar-refractivity contribution in [1.82, 2.24) is 0 Å². The lowest BCUT2D eigenvalue weighted by Crippen LogP contribution is -2.33. The number of benzene rings is 1. The Kier molecular flexibility index (Phi) is 3.79. The van der Waals surface area contributed by atoms with Crippen LogP contribution in [-0.4, -0.2) is 20.9 Å². The van der Waals surface area contributed by atoms with Crippen LogP contribution in [0.5, 0.6) is 0 Å². The van der Waals surface area contributed by atoms with Gasteiger partial charge in [0.05, 0.1) is 9.77 Å². The van der Waals surface area contributed by atoms with E-state index in [4.69, 9.17) is 16.7 Å². The maximum atomic E-state index is 12.8. The predicted octanol–water partition coefficient (Wildman–Crippen LogP) is 2.99. The van der Waals surface area contributed by atoms with Gasteiger partial charge in [-0.05, 0) is 29.8 Å². The Morgan fingerprint density at radius 1 is 1.35 bits per heavy atom. The van der Waals surface area contributed by atoms with Gasteiger partial charge in [0.1, 0.15) is 0 Å². The topological polar surface area (TPSA) is 80.5 Å². The molecule has 5 nitrogen and oxygen atoms in total. The number of carbonyl (C=O) groups excluding carboxylic acids is 1. The molecular weight excluding hydrogens is 356 g/mol. The summed E-state index contributed by atoms with van der Waals surface area (Å²) < 4.78 is 22.7. The minimum atomic E-state index is -3.81. The SMILES string of the molecule is CC1(C)CN(C(=O)c2cc(S(N)(=O)=O)cs2)c2ccc(Cl)cc21. The molecule has 23 heavy (non-hydrogen) atoms. The highest BCUT2D eigenvalue weighted by atomic mass is 35.5. The van der Waals surface area contributed by atoms with Crippen LogP contribution in [0.25, 0.3) is 0 Å². The second-order valence-corrected chi connectivity index (χ2v) is 9.04. The van der Waals surface area contributed by atoms with Gasteiger partial charge in [-0.1, -0.05) is 25.4 Å². The van der Waals surface area contributed by atoms with E-state index in [1.54, 1.807) is 11.0 Å². The molecule has 1 amide bonds. The van der Waals surface area contributed by atoms with E-state index in [1.165, 1.54) is 11.4 Å². The summed E-state index contributed by atoms with van der Waals surface area (Å²) in [6.07, 6.45) is 0. The highest BCUT2D eigenvalue weighted by molar-refractivity contribution is 7.89. The van der Waals surface area contributed by atoms with Gasteiger partial charge in [0.25, 0.3) is 5.91 Å². The molecule has 8 heteroatoms. The summed E-state index contributed by atoms with van der Waals surface area (Å²) >= 11 is 7.14. The minimum absolute atomic E-state index is 0.0411. The Labute approximate surface area is 143 Å². The van der Waals surface area contributed by atoms with Crippen molar-refractivity contribution in [2.45, 2.75) is 24.2 Å². The summed E-state index contributed by atoms with van der Waals surface area (Å²) in [5, 5.41) is 7.10. The molecule has 0 spiro atoms. The van der Waals surface area contributed by atoms with Gasteiger partial charge in [0.15, 0.2) is 0 Å². The van der Waals surface area contributed by atoms with Crippen molar-refractivity contribution >= 4 is 44.6 Å². The first-order chi connectivity index (χ1) is 10.6. The molecule has 1 aliphatic rings. The molecule has 1 aliphatic heterocycles. The molecule has 0 radical (unpaired) electrons. The second-order valence-electron chi connectivity index (χ2n) is 6.13. The largest absolute Gasteiger partial charge is 0.306 e. The van der Waals surface area contributed by atoms with Gasteiger partial charge < -0.3 is 4.90 Å². The van der Waals surface area contributed by atoms with Crippen LogP contribution >= 0.6 is 22.9 Å². The number of anilines is 1. The third kappa shape index (κ3) is 2.89. The van der Waals surface area contributed by atoms with Gasteiger partial charge in [-0.15, -0.1) is 11.3 Å². The fourth-order valence-electron chi connectivity index (χ4n) is 2.75. The number of fused-ring (bicyclic) bond motifs is 1. The number of rotatable bonds is 2. The lowest BCUT2D eigenvalue weighted by molar-refractivity contribution is 0.0989. The molecule has 122 valence electrons. The van der Waals surface area contributed by atoms with E-state index in [0.717, 1.165) is 22.6 Å². The van der Waals surface area contributed by atoms with E-state index in [0.29, 0.717) is 16.4 Å². The molecule has 0 aliphatic carbocycles. The van der Waals surface area contributed by atoms with Crippen molar-refractivity contribution in [3.05, 3.63) is 45.1 Å². The average Bonchev–Trinajstić information content (AvgIpc) is 3.02. The molecule has 0 saturated carbocycles. The number of carbonyl (C=O) groups is 1. The molecule has 0 fully saturated rings. The second kappa shape index (κ2) is 5.31. The van der Waals surface area contributed by atoms with E-state index >= 15 is 0 Å². The van der Waals surface area contributed by atoms with E-state index < -0.39 is 10.0 Å². The lowest BCUT2D eigenvalue weighted by atomic mass is 9.87.